The first-order valence-electron chi connectivity index (χ1n) is 5.96. The average Bonchev–Trinajstić information content (AvgIpc) is 2.44. The molecule has 0 bridgehead atoms. The maximum Gasteiger partial charge on any atom is 0.261 e. The van der Waals surface area contributed by atoms with E-state index in [9.17, 15) is 12.8 Å². The van der Waals surface area contributed by atoms with Crippen molar-refractivity contribution in [3.63, 3.8) is 0 Å². The molecule has 0 saturated heterocycles. The molecule has 0 unspecified atom stereocenters. The van der Waals surface area contributed by atoms with Gasteiger partial charge in [0.2, 0.25) is 0 Å². The highest BCUT2D eigenvalue weighted by atomic mass is 79.9. The minimum Gasteiger partial charge on any atom is -0.497 e. The summed E-state index contributed by atoms with van der Waals surface area (Å²) in [5, 5.41) is 0. The van der Waals surface area contributed by atoms with Crippen LogP contribution in [0, 0.1) is 12.7 Å². The summed E-state index contributed by atoms with van der Waals surface area (Å²) in [5.74, 6) is -0.311. The number of anilines is 1. The van der Waals surface area contributed by atoms with Crippen LogP contribution in [0.1, 0.15) is 5.56 Å². The first-order chi connectivity index (χ1) is 9.83. The maximum absolute atomic E-state index is 13.7. The third-order valence-electron chi connectivity index (χ3n) is 2.86. The van der Waals surface area contributed by atoms with Gasteiger partial charge in [-0.05, 0) is 42.8 Å². The Labute approximate surface area is 131 Å². The monoisotopic (exact) mass is 373 g/mol. The molecular formula is C14H13BrFNO3S. The minimum absolute atomic E-state index is 0.0606. The topological polar surface area (TPSA) is 55.4 Å². The predicted octanol–water partition coefficient (Wildman–Crippen LogP) is 3.71. The number of hydrogen-bond acceptors (Lipinski definition) is 3. The molecule has 2 aromatic carbocycles. The second-order valence-electron chi connectivity index (χ2n) is 4.36. The molecule has 0 radical (unpaired) electrons. The van der Waals surface area contributed by atoms with Crippen LogP contribution in [-0.2, 0) is 10.0 Å². The number of nitrogens with one attached hydrogen (secondary N) is 1. The molecule has 7 heteroatoms. The van der Waals surface area contributed by atoms with Crippen molar-refractivity contribution in [1.29, 1.82) is 0 Å². The van der Waals surface area contributed by atoms with E-state index in [-0.39, 0.29) is 10.6 Å². The van der Waals surface area contributed by atoms with Gasteiger partial charge in [0.15, 0.2) is 0 Å². The van der Waals surface area contributed by atoms with Crippen molar-refractivity contribution in [2.45, 2.75) is 11.8 Å². The van der Waals surface area contributed by atoms with E-state index in [0.717, 1.165) is 16.1 Å². The number of ether oxygens (including phenoxy) is 1. The Balaban J connectivity index is 2.39. The Bertz CT molecular complexity index is 778. The molecule has 21 heavy (non-hydrogen) atoms. The lowest BCUT2D eigenvalue weighted by atomic mass is 10.2. The lowest BCUT2D eigenvalue weighted by Gasteiger charge is -2.11. The first-order valence-corrected chi connectivity index (χ1v) is 8.23. The van der Waals surface area contributed by atoms with Gasteiger partial charge in [-0.3, -0.25) is 4.72 Å². The van der Waals surface area contributed by atoms with Crippen molar-refractivity contribution < 1.29 is 17.5 Å². The number of halogens is 2. The summed E-state index contributed by atoms with van der Waals surface area (Å²) in [4.78, 5) is 0.0606. The van der Waals surface area contributed by atoms with Gasteiger partial charge in [-0.25, -0.2) is 12.8 Å². The van der Waals surface area contributed by atoms with Crippen molar-refractivity contribution in [2.24, 2.45) is 0 Å². The van der Waals surface area contributed by atoms with E-state index in [0.29, 0.717) is 5.75 Å². The van der Waals surface area contributed by atoms with Crippen LogP contribution in [0.25, 0.3) is 0 Å². The van der Waals surface area contributed by atoms with Crippen LogP contribution < -0.4 is 9.46 Å². The zero-order chi connectivity index (χ0) is 15.6. The fourth-order valence-corrected chi connectivity index (χ4v) is 3.09. The molecule has 0 heterocycles. The molecule has 2 rings (SSSR count). The van der Waals surface area contributed by atoms with Crippen molar-refractivity contribution in [3.05, 3.63) is 52.3 Å². The van der Waals surface area contributed by atoms with Gasteiger partial charge in [-0.1, -0.05) is 15.9 Å². The molecule has 0 saturated carbocycles. The van der Waals surface area contributed by atoms with Crippen LogP contribution in [0.5, 0.6) is 5.75 Å². The molecule has 0 aromatic heterocycles. The van der Waals surface area contributed by atoms with E-state index in [4.69, 9.17) is 4.74 Å². The van der Waals surface area contributed by atoms with Gasteiger partial charge in [0, 0.05) is 10.5 Å². The molecule has 0 aliphatic heterocycles. The normalized spacial score (nSPS) is 11.2. The molecule has 4 nitrogen and oxygen atoms in total. The minimum atomic E-state index is -3.87. The van der Waals surface area contributed by atoms with Crippen molar-refractivity contribution >= 4 is 31.6 Å². The van der Waals surface area contributed by atoms with E-state index in [1.54, 1.807) is 13.0 Å². The second-order valence-corrected chi connectivity index (χ2v) is 6.90. The number of hydrogen-bond donors (Lipinski definition) is 1. The second kappa shape index (κ2) is 6.03. The van der Waals surface area contributed by atoms with Gasteiger partial charge in [0.05, 0.1) is 17.7 Å². The van der Waals surface area contributed by atoms with Crippen molar-refractivity contribution in [1.82, 2.24) is 0 Å². The van der Waals surface area contributed by atoms with Gasteiger partial charge in [-0.2, -0.15) is 0 Å². The van der Waals surface area contributed by atoms with Crippen LogP contribution in [0.4, 0.5) is 10.1 Å². The fourth-order valence-electron chi connectivity index (χ4n) is 1.70. The largest absolute Gasteiger partial charge is 0.497 e. The highest BCUT2D eigenvalue weighted by molar-refractivity contribution is 9.10. The zero-order valence-electron chi connectivity index (χ0n) is 11.4. The molecule has 1 N–H and O–H groups in total. The Hall–Kier alpha value is -1.60. The summed E-state index contributed by atoms with van der Waals surface area (Å²) in [6.45, 7) is 1.77. The third-order valence-corrected chi connectivity index (χ3v) is 5.11. The molecule has 2 aromatic rings. The fraction of sp³-hybridized carbons (Fsp3) is 0.143. The smallest absolute Gasteiger partial charge is 0.261 e. The standard InChI is InChI=1S/C14H13BrFNO3S/c1-9-7-11(4-5-12(9)15)21(18,19)17-14-8-10(20-2)3-6-13(14)16/h3-8,17H,1-2H3. The van der Waals surface area contributed by atoms with E-state index >= 15 is 0 Å². The number of aryl methyl sites for hydroxylation is 1. The molecule has 0 amide bonds. The third kappa shape index (κ3) is 3.54. The summed E-state index contributed by atoms with van der Waals surface area (Å²) >= 11 is 3.30. The van der Waals surface area contributed by atoms with Gasteiger partial charge in [-0.15, -0.1) is 0 Å². The maximum atomic E-state index is 13.7. The SMILES string of the molecule is COc1ccc(F)c(NS(=O)(=O)c2ccc(Br)c(C)c2)c1. The molecule has 112 valence electrons. The molecule has 0 fully saturated rings. The average molecular weight is 374 g/mol. The quantitative estimate of drug-likeness (QED) is 0.888. The Morgan fingerprint density at radius 2 is 1.90 bits per heavy atom. The van der Waals surface area contributed by atoms with Crippen LogP contribution >= 0.6 is 15.9 Å². The van der Waals surface area contributed by atoms with Gasteiger partial charge >= 0.3 is 0 Å². The zero-order valence-corrected chi connectivity index (χ0v) is 13.8. The number of sulfonamides is 1. The molecule has 0 atom stereocenters. The van der Waals surface area contributed by atoms with Crippen molar-refractivity contribution in [2.75, 3.05) is 11.8 Å². The van der Waals surface area contributed by atoms with Gasteiger partial charge in [0.25, 0.3) is 10.0 Å². The lowest BCUT2D eigenvalue weighted by Crippen LogP contribution is -2.14. The summed E-state index contributed by atoms with van der Waals surface area (Å²) in [6.07, 6.45) is 0. The van der Waals surface area contributed by atoms with Crippen LogP contribution in [-0.4, -0.2) is 15.5 Å². The van der Waals surface area contributed by atoms with E-state index in [1.165, 1.54) is 31.4 Å². The van der Waals surface area contributed by atoms with Crippen LogP contribution in [0.3, 0.4) is 0 Å². The van der Waals surface area contributed by atoms with E-state index in [2.05, 4.69) is 20.7 Å². The molecule has 0 aliphatic rings. The summed E-state index contributed by atoms with van der Waals surface area (Å²) < 4.78 is 46.3. The molecule has 0 aliphatic carbocycles. The molecule has 0 spiro atoms. The summed E-state index contributed by atoms with van der Waals surface area (Å²) in [7, 11) is -2.45. The predicted molar refractivity (Wildman–Crippen MR) is 82.6 cm³/mol. The number of methoxy groups -OCH3 is 1. The van der Waals surface area contributed by atoms with Gasteiger partial charge < -0.3 is 4.74 Å². The van der Waals surface area contributed by atoms with Crippen LogP contribution in [0.15, 0.2) is 45.8 Å². The summed E-state index contributed by atoms with van der Waals surface area (Å²) in [6, 6.07) is 8.42. The Kier molecular flexibility index (Phi) is 4.53. The summed E-state index contributed by atoms with van der Waals surface area (Å²) in [5.41, 5.74) is 0.610. The Morgan fingerprint density at radius 1 is 1.19 bits per heavy atom. The lowest BCUT2D eigenvalue weighted by molar-refractivity contribution is 0.414. The van der Waals surface area contributed by atoms with E-state index in [1.807, 2.05) is 0 Å². The Morgan fingerprint density at radius 3 is 2.52 bits per heavy atom. The number of rotatable bonds is 4. The highest BCUT2D eigenvalue weighted by Gasteiger charge is 2.17. The van der Waals surface area contributed by atoms with E-state index < -0.39 is 15.8 Å². The van der Waals surface area contributed by atoms with Crippen molar-refractivity contribution in [3.8, 4) is 5.75 Å². The highest BCUT2D eigenvalue weighted by Crippen LogP contribution is 2.25. The van der Waals surface area contributed by atoms with Gasteiger partial charge in [0.1, 0.15) is 11.6 Å². The van der Waals surface area contributed by atoms with Crippen LogP contribution in [0.2, 0.25) is 0 Å². The first kappa shape index (κ1) is 15.8. The molecular weight excluding hydrogens is 361 g/mol. The number of benzene rings is 2.